The number of hydrogen-bond donors (Lipinski definition) is 0. The maximum absolute atomic E-state index is 11.6. The van der Waals surface area contributed by atoms with Crippen molar-refractivity contribution in [1.29, 1.82) is 0 Å². The average Bonchev–Trinajstić information content (AvgIpc) is 2.45. The van der Waals surface area contributed by atoms with Gasteiger partial charge in [-0.1, -0.05) is 37.5 Å². The molecule has 120 valence electrons. The van der Waals surface area contributed by atoms with Gasteiger partial charge in [-0.25, -0.2) is 4.79 Å². The number of esters is 1. The molecule has 2 heteroatoms. The van der Waals surface area contributed by atoms with Crippen molar-refractivity contribution in [1.82, 2.24) is 0 Å². The van der Waals surface area contributed by atoms with Crippen molar-refractivity contribution in [3.05, 3.63) is 23.8 Å². The largest absolute Gasteiger partial charge is 0.449 e. The fourth-order valence-corrected chi connectivity index (χ4v) is 2.70. The standard InChI is InChI=1S/C21H24O2/c1-6-7-8-9-10-13-20(22)23-18(3)14-15-19-17(2)12-11-16-21(19,4)5/h12,14-15,18-19H,11,16H2,1-5H3. The number of carbonyl (C=O) groups excluding carboxylic acids is 1. The quantitative estimate of drug-likeness (QED) is 0.342. The van der Waals surface area contributed by atoms with Crippen LogP contribution in [0.5, 0.6) is 0 Å². The molecule has 0 saturated heterocycles. The minimum atomic E-state index is -0.573. The van der Waals surface area contributed by atoms with Crippen LogP contribution in [0.4, 0.5) is 0 Å². The maximum atomic E-state index is 11.6. The van der Waals surface area contributed by atoms with Gasteiger partial charge in [0.15, 0.2) is 0 Å². The van der Waals surface area contributed by atoms with Crippen LogP contribution in [-0.4, -0.2) is 12.1 Å². The molecular formula is C21H24O2. The van der Waals surface area contributed by atoms with Gasteiger partial charge in [-0.05, 0) is 68.8 Å². The third-order valence-corrected chi connectivity index (χ3v) is 3.93. The predicted octanol–water partition coefficient (Wildman–Crippen LogP) is 3.89. The van der Waals surface area contributed by atoms with E-state index in [1.807, 2.05) is 13.0 Å². The Hall–Kier alpha value is -2.37. The minimum Gasteiger partial charge on any atom is -0.449 e. The summed E-state index contributed by atoms with van der Waals surface area (Å²) < 4.78 is 5.23. The van der Waals surface area contributed by atoms with Crippen molar-refractivity contribution in [2.75, 3.05) is 0 Å². The molecule has 0 heterocycles. The van der Waals surface area contributed by atoms with E-state index < -0.39 is 5.97 Å². The first-order valence-corrected chi connectivity index (χ1v) is 7.85. The zero-order chi connectivity index (χ0) is 17.3. The van der Waals surface area contributed by atoms with E-state index in [1.165, 1.54) is 5.57 Å². The molecule has 0 bridgehead atoms. The van der Waals surface area contributed by atoms with E-state index in [2.05, 4.69) is 68.4 Å². The first-order valence-electron chi connectivity index (χ1n) is 7.85. The van der Waals surface area contributed by atoms with Crippen LogP contribution in [0.2, 0.25) is 0 Å². The van der Waals surface area contributed by atoms with Crippen molar-refractivity contribution < 1.29 is 9.53 Å². The summed E-state index contributed by atoms with van der Waals surface area (Å²) in [5.74, 6) is 14.7. The summed E-state index contributed by atoms with van der Waals surface area (Å²) in [6, 6.07) is 0. The van der Waals surface area contributed by atoms with Gasteiger partial charge in [-0.2, -0.15) is 0 Å². The second kappa shape index (κ2) is 8.92. The first kappa shape index (κ1) is 18.7. The molecule has 2 nitrogen and oxygen atoms in total. The fraction of sp³-hybridized carbons (Fsp3) is 0.476. The van der Waals surface area contributed by atoms with Gasteiger partial charge in [0.25, 0.3) is 0 Å². The molecule has 23 heavy (non-hydrogen) atoms. The molecule has 0 aliphatic heterocycles. The van der Waals surface area contributed by atoms with Crippen LogP contribution in [0, 0.1) is 46.9 Å². The molecule has 0 amide bonds. The molecule has 0 saturated carbocycles. The highest BCUT2D eigenvalue weighted by Gasteiger charge is 2.30. The number of ether oxygens (including phenoxy) is 1. The van der Waals surface area contributed by atoms with E-state index in [0.29, 0.717) is 5.92 Å². The molecule has 1 aliphatic rings. The van der Waals surface area contributed by atoms with E-state index in [-0.39, 0.29) is 11.5 Å². The van der Waals surface area contributed by atoms with Crippen molar-refractivity contribution in [3.63, 3.8) is 0 Å². The molecule has 0 fully saturated rings. The van der Waals surface area contributed by atoms with Crippen molar-refractivity contribution in [2.45, 2.75) is 53.6 Å². The molecule has 0 N–H and O–H groups in total. The molecule has 0 aromatic carbocycles. The highest BCUT2D eigenvalue weighted by atomic mass is 16.5. The molecule has 2 atom stereocenters. The third-order valence-electron chi connectivity index (χ3n) is 3.93. The topological polar surface area (TPSA) is 26.3 Å². The second-order valence-electron chi connectivity index (χ2n) is 6.32. The summed E-state index contributed by atoms with van der Waals surface area (Å²) in [5.41, 5.74) is 1.61. The Morgan fingerprint density at radius 1 is 1.35 bits per heavy atom. The second-order valence-corrected chi connectivity index (χ2v) is 6.32. The van der Waals surface area contributed by atoms with Crippen LogP contribution in [0.25, 0.3) is 0 Å². The van der Waals surface area contributed by atoms with Gasteiger partial charge < -0.3 is 4.74 Å². The lowest BCUT2D eigenvalue weighted by molar-refractivity contribution is -0.139. The maximum Gasteiger partial charge on any atom is 0.385 e. The molecular weight excluding hydrogens is 284 g/mol. The van der Waals surface area contributed by atoms with Gasteiger partial charge in [0.2, 0.25) is 0 Å². The zero-order valence-corrected chi connectivity index (χ0v) is 14.6. The summed E-state index contributed by atoms with van der Waals surface area (Å²) in [6.07, 6.45) is 8.35. The summed E-state index contributed by atoms with van der Waals surface area (Å²) in [7, 11) is 0. The van der Waals surface area contributed by atoms with Gasteiger partial charge in [0.05, 0.1) is 0 Å². The van der Waals surface area contributed by atoms with Gasteiger partial charge in [-0.3, -0.25) is 0 Å². The predicted molar refractivity (Wildman–Crippen MR) is 94.0 cm³/mol. The van der Waals surface area contributed by atoms with Crippen LogP contribution in [0.15, 0.2) is 23.8 Å². The summed E-state index contributed by atoms with van der Waals surface area (Å²) in [6.45, 7) is 10.2. The highest BCUT2D eigenvalue weighted by Crippen LogP contribution is 2.41. The Kier molecular flexibility index (Phi) is 7.25. The Morgan fingerprint density at radius 2 is 2.04 bits per heavy atom. The summed E-state index contributed by atoms with van der Waals surface area (Å²) in [5, 5.41) is 0. The van der Waals surface area contributed by atoms with Crippen molar-refractivity contribution in [2.24, 2.45) is 11.3 Å². The Labute approximate surface area is 140 Å². The lowest BCUT2D eigenvalue weighted by atomic mass is 9.68. The number of rotatable bonds is 3. The zero-order valence-electron chi connectivity index (χ0n) is 14.6. The molecule has 2 unspecified atom stereocenters. The molecule has 0 aromatic heterocycles. The number of hydrogen-bond acceptors (Lipinski definition) is 2. The van der Waals surface area contributed by atoms with Crippen molar-refractivity contribution >= 4 is 5.97 Å². The normalized spacial score (nSPS) is 19.9. The average molecular weight is 308 g/mol. The minimum absolute atomic E-state index is 0.231. The van der Waals surface area contributed by atoms with Crippen molar-refractivity contribution in [3.8, 4) is 35.5 Å². The lowest BCUT2D eigenvalue weighted by Gasteiger charge is -2.36. The van der Waals surface area contributed by atoms with E-state index in [4.69, 9.17) is 4.74 Å². The van der Waals surface area contributed by atoms with Gasteiger partial charge in [-0.15, -0.1) is 0 Å². The van der Waals surface area contributed by atoms with Crippen LogP contribution in [0.1, 0.15) is 47.5 Å². The highest BCUT2D eigenvalue weighted by molar-refractivity contribution is 5.89. The molecule has 0 aromatic rings. The summed E-state index contributed by atoms with van der Waals surface area (Å²) in [4.78, 5) is 11.6. The SMILES string of the molecule is CC#CC#CC#CC(=O)OC(C)C=CC1C(C)=CCCC1(C)C. The molecule has 0 radical (unpaired) electrons. The van der Waals surface area contributed by atoms with E-state index in [0.717, 1.165) is 12.8 Å². The number of carbonyl (C=O) groups is 1. The Bertz CT molecular complexity index is 673. The van der Waals surface area contributed by atoms with E-state index in [1.54, 1.807) is 6.92 Å². The molecule has 1 aliphatic carbocycles. The lowest BCUT2D eigenvalue weighted by Crippen LogP contribution is -2.26. The van der Waals surface area contributed by atoms with Crippen LogP contribution in [-0.2, 0) is 9.53 Å². The van der Waals surface area contributed by atoms with Crippen LogP contribution < -0.4 is 0 Å². The molecule has 1 rings (SSSR count). The fourth-order valence-electron chi connectivity index (χ4n) is 2.70. The van der Waals surface area contributed by atoms with Crippen LogP contribution in [0.3, 0.4) is 0 Å². The van der Waals surface area contributed by atoms with Gasteiger partial charge in [0.1, 0.15) is 6.10 Å². The number of allylic oxidation sites excluding steroid dienone is 3. The Morgan fingerprint density at radius 3 is 2.70 bits per heavy atom. The van der Waals surface area contributed by atoms with E-state index in [9.17, 15) is 4.79 Å². The molecule has 0 spiro atoms. The van der Waals surface area contributed by atoms with Crippen LogP contribution >= 0.6 is 0 Å². The summed E-state index contributed by atoms with van der Waals surface area (Å²) >= 11 is 0. The van der Waals surface area contributed by atoms with Gasteiger partial charge >= 0.3 is 5.97 Å². The Balaban J connectivity index is 2.62. The smallest absolute Gasteiger partial charge is 0.385 e. The first-order chi connectivity index (χ1) is 10.9. The van der Waals surface area contributed by atoms with Gasteiger partial charge in [0, 0.05) is 11.8 Å². The monoisotopic (exact) mass is 308 g/mol. The van der Waals surface area contributed by atoms with E-state index >= 15 is 0 Å². The third kappa shape index (κ3) is 6.50.